The van der Waals surface area contributed by atoms with Crippen molar-refractivity contribution in [3.63, 3.8) is 0 Å². The third-order valence-corrected chi connectivity index (χ3v) is 3.89. The lowest BCUT2D eigenvalue weighted by Gasteiger charge is -2.04. The minimum Gasteiger partial charge on any atom is -0.372 e. The number of hydrogen-bond acceptors (Lipinski definition) is 5. The molecule has 1 N–H and O–H groups in total. The maximum absolute atomic E-state index is 11.7. The van der Waals surface area contributed by atoms with E-state index in [0.29, 0.717) is 13.2 Å². The minimum absolute atomic E-state index is 0.105. The molecule has 0 spiro atoms. The lowest BCUT2D eigenvalue weighted by molar-refractivity contribution is -0.125. The molecule has 2 aromatic rings. The summed E-state index contributed by atoms with van der Waals surface area (Å²) >= 11 is 1.51. The van der Waals surface area contributed by atoms with Crippen molar-refractivity contribution >= 4 is 17.2 Å². The quantitative estimate of drug-likeness (QED) is 0.722. The summed E-state index contributed by atoms with van der Waals surface area (Å²) in [5, 5.41) is 5.63. The number of amides is 1. The molecule has 2 heterocycles. The summed E-state index contributed by atoms with van der Waals surface area (Å²) in [6.45, 7) is 3.32. The van der Waals surface area contributed by atoms with Gasteiger partial charge in [0.2, 0.25) is 5.91 Å². The number of carbonyl (C=O) groups is 1. The summed E-state index contributed by atoms with van der Waals surface area (Å²) in [5.41, 5.74) is 1.68. The molecular weight excluding hydrogens is 298 g/mol. The molecule has 1 amide bonds. The molecule has 0 radical (unpaired) electrons. The molecule has 0 atom stereocenters. The van der Waals surface area contributed by atoms with Crippen LogP contribution in [-0.4, -0.2) is 29.1 Å². The third kappa shape index (κ3) is 5.54. The fourth-order valence-corrected chi connectivity index (χ4v) is 2.60. The number of hydrogen-bond donors (Lipinski definition) is 1. The van der Waals surface area contributed by atoms with Crippen molar-refractivity contribution in [3.8, 4) is 11.4 Å². The number of aromatic nitrogens is 2. The van der Waals surface area contributed by atoms with Crippen molar-refractivity contribution in [1.82, 2.24) is 15.3 Å². The van der Waals surface area contributed by atoms with Gasteiger partial charge in [0, 0.05) is 18.2 Å². The molecule has 0 aromatic carbocycles. The molecule has 5 nitrogen and oxygen atoms in total. The second-order valence-electron chi connectivity index (χ2n) is 4.88. The van der Waals surface area contributed by atoms with E-state index in [9.17, 15) is 4.79 Å². The number of unbranched alkanes of at least 4 members (excludes halogenated alkanes) is 2. The van der Waals surface area contributed by atoms with Crippen LogP contribution < -0.4 is 5.32 Å². The maximum Gasteiger partial charge on any atom is 0.246 e. The van der Waals surface area contributed by atoms with Gasteiger partial charge in [-0.25, -0.2) is 4.98 Å². The van der Waals surface area contributed by atoms with Crippen LogP contribution in [0.25, 0.3) is 11.4 Å². The Bertz CT molecular complexity index is 572. The Hall–Kier alpha value is -1.79. The normalized spacial score (nSPS) is 10.6. The van der Waals surface area contributed by atoms with Crippen LogP contribution in [0, 0.1) is 0 Å². The Morgan fingerprint density at radius 3 is 3.00 bits per heavy atom. The van der Waals surface area contributed by atoms with Gasteiger partial charge < -0.3 is 10.1 Å². The molecular formula is C16H21N3O2S. The van der Waals surface area contributed by atoms with E-state index in [1.807, 2.05) is 23.6 Å². The molecule has 0 saturated heterocycles. The number of ether oxygens (including phenoxy) is 1. The largest absolute Gasteiger partial charge is 0.372 e. The summed E-state index contributed by atoms with van der Waals surface area (Å²) in [7, 11) is 0. The lowest BCUT2D eigenvalue weighted by atomic mass is 10.3. The topological polar surface area (TPSA) is 64.1 Å². The Morgan fingerprint density at radius 1 is 1.32 bits per heavy atom. The fourth-order valence-electron chi connectivity index (χ4n) is 1.87. The number of nitrogens with one attached hydrogen (secondary N) is 1. The van der Waals surface area contributed by atoms with Crippen LogP contribution in [0.2, 0.25) is 0 Å². The zero-order chi connectivity index (χ0) is 15.6. The molecule has 2 aromatic heterocycles. The number of carbonyl (C=O) groups excluding carboxylic acids is 1. The predicted octanol–water partition coefficient (Wildman–Crippen LogP) is 3.03. The average Bonchev–Trinajstić information content (AvgIpc) is 3.02. The lowest BCUT2D eigenvalue weighted by Crippen LogP contribution is -2.27. The molecule has 0 aliphatic heterocycles. The highest BCUT2D eigenvalue weighted by Gasteiger charge is 2.07. The molecule has 6 heteroatoms. The Labute approximate surface area is 134 Å². The number of nitrogens with zero attached hydrogens (tertiary/aromatic N) is 2. The van der Waals surface area contributed by atoms with Gasteiger partial charge in [-0.3, -0.25) is 9.78 Å². The molecule has 118 valence electrons. The summed E-state index contributed by atoms with van der Waals surface area (Å²) in [6.07, 6.45) is 5.03. The average molecular weight is 319 g/mol. The van der Waals surface area contributed by atoms with Crippen LogP contribution in [-0.2, 0) is 16.1 Å². The molecule has 0 fully saturated rings. The van der Waals surface area contributed by atoms with Gasteiger partial charge in [-0.15, -0.1) is 11.3 Å². The van der Waals surface area contributed by atoms with E-state index in [0.717, 1.165) is 35.7 Å². The highest BCUT2D eigenvalue weighted by Crippen LogP contribution is 2.19. The first-order chi connectivity index (χ1) is 10.8. The second-order valence-corrected chi connectivity index (χ2v) is 5.82. The molecule has 0 aliphatic carbocycles. The summed E-state index contributed by atoms with van der Waals surface area (Å²) in [5.74, 6) is -0.105. The molecule has 0 bridgehead atoms. The first-order valence-electron chi connectivity index (χ1n) is 7.50. The summed E-state index contributed by atoms with van der Waals surface area (Å²) in [6, 6.07) is 5.72. The van der Waals surface area contributed by atoms with Crippen LogP contribution in [0.3, 0.4) is 0 Å². The smallest absolute Gasteiger partial charge is 0.246 e. The van der Waals surface area contributed by atoms with E-state index < -0.39 is 0 Å². The SMILES string of the molecule is CCCCCOCC(=O)NCc1nc(-c2ccccn2)cs1. The van der Waals surface area contributed by atoms with E-state index in [1.165, 1.54) is 11.3 Å². The van der Waals surface area contributed by atoms with Gasteiger partial charge in [0.1, 0.15) is 11.6 Å². The van der Waals surface area contributed by atoms with Gasteiger partial charge in [0.25, 0.3) is 0 Å². The Kier molecular flexibility index (Phi) is 6.99. The highest BCUT2D eigenvalue weighted by atomic mass is 32.1. The van der Waals surface area contributed by atoms with Crippen LogP contribution in [0.5, 0.6) is 0 Å². The first kappa shape index (κ1) is 16.6. The predicted molar refractivity (Wildman–Crippen MR) is 87.5 cm³/mol. The minimum atomic E-state index is -0.105. The van der Waals surface area contributed by atoms with Crippen LogP contribution >= 0.6 is 11.3 Å². The third-order valence-electron chi connectivity index (χ3n) is 3.04. The number of rotatable bonds is 9. The Balaban J connectivity index is 1.71. The van der Waals surface area contributed by atoms with E-state index in [1.54, 1.807) is 6.20 Å². The van der Waals surface area contributed by atoms with Crippen molar-refractivity contribution in [2.45, 2.75) is 32.7 Å². The molecule has 2 rings (SSSR count). The van der Waals surface area contributed by atoms with Gasteiger partial charge in [0.15, 0.2) is 0 Å². The van der Waals surface area contributed by atoms with Crippen molar-refractivity contribution in [3.05, 3.63) is 34.8 Å². The molecule has 0 saturated carbocycles. The molecule has 0 unspecified atom stereocenters. The molecule has 0 aliphatic rings. The number of pyridine rings is 1. The Morgan fingerprint density at radius 2 is 2.23 bits per heavy atom. The standard InChI is InChI=1S/C16H21N3O2S/c1-2-3-6-9-21-11-15(20)18-10-16-19-14(12-22-16)13-7-4-5-8-17-13/h4-5,7-8,12H,2-3,6,9-11H2,1H3,(H,18,20). The zero-order valence-corrected chi connectivity index (χ0v) is 13.6. The van der Waals surface area contributed by atoms with E-state index >= 15 is 0 Å². The van der Waals surface area contributed by atoms with Crippen LogP contribution in [0.4, 0.5) is 0 Å². The van der Waals surface area contributed by atoms with Crippen molar-refractivity contribution in [2.24, 2.45) is 0 Å². The zero-order valence-electron chi connectivity index (χ0n) is 12.7. The van der Waals surface area contributed by atoms with Crippen molar-refractivity contribution < 1.29 is 9.53 Å². The van der Waals surface area contributed by atoms with Crippen molar-refractivity contribution in [1.29, 1.82) is 0 Å². The number of thiazole rings is 1. The maximum atomic E-state index is 11.7. The van der Waals surface area contributed by atoms with Crippen LogP contribution in [0.15, 0.2) is 29.8 Å². The van der Waals surface area contributed by atoms with E-state index in [2.05, 4.69) is 22.2 Å². The monoisotopic (exact) mass is 319 g/mol. The summed E-state index contributed by atoms with van der Waals surface area (Å²) < 4.78 is 5.32. The van der Waals surface area contributed by atoms with Gasteiger partial charge in [-0.2, -0.15) is 0 Å². The van der Waals surface area contributed by atoms with Gasteiger partial charge in [0.05, 0.1) is 17.9 Å². The second kappa shape index (κ2) is 9.27. The van der Waals surface area contributed by atoms with Crippen LogP contribution in [0.1, 0.15) is 31.2 Å². The van der Waals surface area contributed by atoms with Crippen molar-refractivity contribution in [2.75, 3.05) is 13.2 Å². The van der Waals surface area contributed by atoms with E-state index in [4.69, 9.17) is 4.74 Å². The summed E-state index contributed by atoms with van der Waals surface area (Å²) in [4.78, 5) is 20.4. The highest BCUT2D eigenvalue weighted by molar-refractivity contribution is 7.09. The first-order valence-corrected chi connectivity index (χ1v) is 8.38. The fraction of sp³-hybridized carbons (Fsp3) is 0.438. The molecule has 22 heavy (non-hydrogen) atoms. The van der Waals surface area contributed by atoms with Gasteiger partial charge in [-0.1, -0.05) is 25.8 Å². The van der Waals surface area contributed by atoms with Gasteiger partial charge in [-0.05, 0) is 18.6 Å². The van der Waals surface area contributed by atoms with E-state index in [-0.39, 0.29) is 12.5 Å². The van der Waals surface area contributed by atoms with Gasteiger partial charge >= 0.3 is 0 Å².